The summed E-state index contributed by atoms with van der Waals surface area (Å²) in [6, 6.07) is 28.8. The molecular formula is C34H36BrN3O5S. The first-order valence-electron chi connectivity index (χ1n) is 14.3. The molecule has 4 aromatic carbocycles. The van der Waals surface area contributed by atoms with Gasteiger partial charge < -0.3 is 15.0 Å². The first-order chi connectivity index (χ1) is 21.1. The normalized spacial score (nSPS) is 11.8. The van der Waals surface area contributed by atoms with Gasteiger partial charge in [-0.1, -0.05) is 70.9 Å². The fraction of sp³-hybridized carbons (Fsp3) is 0.235. The van der Waals surface area contributed by atoms with E-state index in [1.54, 1.807) is 43.3 Å². The van der Waals surface area contributed by atoms with Crippen LogP contribution in [-0.2, 0) is 26.2 Å². The van der Waals surface area contributed by atoms with E-state index in [-0.39, 0.29) is 23.0 Å². The van der Waals surface area contributed by atoms with E-state index in [4.69, 9.17) is 4.74 Å². The van der Waals surface area contributed by atoms with Crippen LogP contribution in [0.15, 0.2) is 112 Å². The predicted octanol–water partition coefficient (Wildman–Crippen LogP) is 6.69. The summed E-state index contributed by atoms with van der Waals surface area (Å²) in [7, 11) is -4.17. The van der Waals surface area contributed by atoms with E-state index in [9.17, 15) is 18.0 Å². The number of ether oxygens (including phenoxy) is 1. The summed E-state index contributed by atoms with van der Waals surface area (Å²) in [5.41, 5.74) is 1.99. The molecule has 0 aromatic heterocycles. The van der Waals surface area contributed by atoms with Gasteiger partial charge in [0.25, 0.3) is 10.0 Å². The van der Waals surface area contributed by atoms with Gasteiger partial charge in [-0.25, -0.2) is 8.42 Å². The average Bonchev–Trinajstić information content (AvgIpc) is 3.03. The molecule has 4 aromatic rings. The minimum absolute atomic E-state index is 0.0497. The highest BCUT2D eigenvalue weighted by Crippen LogP contribution is 2.29. The second kappa shape index (κ2) is 15.0. The summed E-state index contributed by atoms with van der Waals surface area (Å²) < 4.78 is 36.0. The predicted molar refractivity (Wildman–Crippen MR) is 176 cm³/mol. The van der Waals surface area contributed by atoms with Crippen molar-refractivity contribution in [2.75, 3.05) is 17.4 Å². The summed E-state index contributed by atoms with van der Waals surface area (Å²) in [5, 5.41) is 2.85. The van der Waals surface area contributed by atoms with Crippen molar-refractivity contribution in [1.82, 2.24) is 10.2 Å². The third-order valence-corrected chi connectivity index (χ3v) is 9.29. The Balaban J connectivity index is 1.69. The molecule has 4 rings (SSSR count). The number of aryl methyl sites for hydroxylation is 1. The molecule has 44 heavy (non-hydrogen) atoms. The molecule has 0 aliphatic carbocycles. The van der Waals surface area contributed by atoms with E-state index in [0.29, 0.717) is 18.0 Å². The molecule has 8 nitrogen and oxygen atoms in total. The van der Waals surface area contributed by atoms with Crippen molar-refractivity contribution < 1.29 is 22.7 Å². The zero-order chi connectivity index (χ0) is 31.7. The molecule has 0 bridgehead atoms. The number of hydrogen-bond acceptors (Lipinski definition) is 5. The van der Waals surface area contributed by atoms with E-state index in [2.05, 4.69) is 21.2 Å². The maximum atomic E-state index is 14.1. The molecule has 230 valence electrons. The fourth-order valence-corrected chi connectivity index (χ4v) is 6.11. The van der Waals surface area contributed by atoms with Crippen molar-refractivity contribution in [3.05, 3.63) is 119 Å². The number of nitrogens with zero attached hydrogens (tertiary/aromatic N) is 2. The van der Waals surface area contributed by atoms with E-state index in [1.165, 1.54) is 17.0 Å². The highest BCUT2D eigenvalue weighted by molar-refractivity contribution is 9.10. The van der Waals surface area contributed by atoms with Crippen molar-refractivity contribution in [2.45, 2.75) is 44.7 Å². The van der Waals surface area contributed by atoms with Gasteiger partial charge in [-0.15, -0.1) is 0 Å². The highest BCUT2D eigenvalue weighted by Gasteiger charge is 2.32. The van der Waals surface area contributed by atoms with E-state index < -0.39 is 28.5 Å². The Hall–Kier alpha value is -4.15. The summed E-state index contributed by atoms with van der Waals surface area (Å²) in [6.07, 6.45) is 0.742. The van der Waals surface area contributed by atoms with Crippen LogP contribution in [0.25, 0.3) is 0 Å². The van der Waals surface area contributed by atoms with Crippen LogP contribution < -0.4 is 14.4 Å². The molecule has 0 heterocycles. The van der Waals surface area contributed by atoms with Gasteiger partial charge in [-0.05, 0) is 86.5 Å². The van der Waals surface area contributed by atoms with Crippen LogP contribution in [-0.4, -0.2) is 44.3 Å². The van der Waals surface area contributed by atoms with Gasteiger partial charge in [0.15, 0.2) is 0 Å². The lowest BCUT2D eigenvalue weighted by atomic mass is 10.1. The molecule has 0 aliphatic rings. The minimum atomic E-state index is -4.17. The van der Waals surface area contributed by atoms with E-state index in [0.717, 1.165) is 26.3 Å². The molecular weight excluding hydrogens is 642 g/mol. The highest BCUT2D eigenvalue weighted by atomic mass is 79.9. The summed E-state index contributed by atoms with van der Waals surface area (Å²) >= 11 is 3.42. The summed E-state index contributed by atoms with van der Waals surface area (Å²) in [4.78, 5) is 28.6. The quantitative estimate of drug-likeness (QED) is 0.170. The molecule has 10 heteroatoms. The zero-order valence-electron chi connectivity index (χ0n) is 24.9. The average molecular weight is 679 g/mol. The van der Waals surface area contributed by atoms with Crippen LogP contribution in [0.2, 0.25) is 0 Å². The molecule has 0 saturated carbocycles. The molecule has 0 spiro atoms. The van der Waals surface area contributed by atoms with Crippen LogP contribution in [0.1, 0.15) is 31.4 Å². The lowest BCUT2D eigenvalue weighted by Gasteiger charge is -2.32. The van der Waals surface area contributed by atoms with Gasteiger partial charge in [0.1, 0.15) is 24.1 Å². The molecule has 0 saturated heterocycles. The number of benzene rings is 4. The lowest BCUT2D eigenvalue weighted by molar-refractivity contribution is -0.139. The second-order valence-corrected chi connectivity index (χ2v) is 13.1. The van der Waals surface area contributed by atoms with Crippen molar-refractivity contribution in [3.8, 4) is 11.5 Å². The number of rotatable bonds is 13. The van der Waals surface area contributed by atoms with Crippen LogP contribution >= 0.6 is 15.9 Å². The Morgan fingerprint density at radius 1 is 0.864 bits per heavy atom. The monoisotopic (exact) mass is 677 g/mol. The van der Waals surface area contributed by atoms with Crippen molar-refractivity contribution >= 4 is 43.5 Å². The Labute approximate surface area is 267 Å². The van der Waals surface area contributed by atoms with E-state index >= 15 is 0 Å². The Bertz CT molecular complexity index is 1650. The van der Waals surface area contributed by atoms with Crippen LogP contribution in [0.5, 0.6) is 11.5 Å². The molecule has 0 radical (unpaired) electrons. The number of halogens is 1. The Kier molecular flexibility index (Phi) is 11.2. The number of carbonyl (C=O) groups is 2. The SMILES string of the molecule is CCCNC(=O)[C@@H](C)N(Cc1ccc(Br)cc1)C(=O)CN(c1ccc(Oc2ccccc2)cc1)S(=O)(=O)c1ccc(C)cc1. The second-order valence-electron chi connectivity index (χ2n) is 10.3. The largest absolute Gasteiger partial charge is 0.457 e. The maximum Gasteiger partial charge on any atom is 0.264 e. The van der Waals surface area contributed by atoms with Gasteiger partial charge in [-0.3, -0.25) is 13.9 Å². The van der Waals surface area contributed by atoms with Gasteiger partial charge >= 0.3 is 0 Å². The summed E-state index contributed by atoms with van der Waals surface area (Å²) in [6.45, 7) is 5.53. The van der Waals surface area contributed by atoms with Crippen molar-refractivity contribution in [1.29, 1.82) is 0 Å². The number of sulfonamides is 1. The smallest absolute Gasteiger partial charge is 0.264 e. The number of carbonyl (C=O) groups excluding carboxylic acids is 2. The van der Waals surface area contributed by atoms with Gasteiger partial charge in [0.05, 0.1) is 10.6 Å². The van der Waals surface area contributed by atoms with Gasteiger partial charge in [0.2, 0.25) is 11.8 Å². The molecule has 1 N–H and O–H groups in total. The Morgan fingerprint density at radius 3 is 2.09 bits per heavy atom. The minimum Gasteiger partial charge on any atom is -0.457 e. The lowest BCUT2D eigenvalue weighted by Crippen LogP contribution is -2.51. The zero-order valence-corrected chi connectivity index (χ0v) is 27.3. The third-order valence-electron chi connectivity index (χ3n) is 6.97. The third kappa shape index (κ3) is 8.48. The van der Waals surface area contributed by atoms with Gasteiger partial charge in [-0.2, -0.15) is 0 Å². The first-order valence-corrected chi connectivity index (χ1v) is 16.6. The standard InChI is InChI=1S/C34H36BrN3O5S/c1-4-22-36-34(40)26(3)37(23-27-12-14-28(35)15-13-27)33(39)24-38(44(41,42)32-20-10-25(2)11-21-32)29-16-18-31(19-17-29)43-30-8-6-5-7-9-30/h5-21,26H,4,22-24H2,1-3H3,(H,36,40)/t26-/m1/s1. The number of anilines is 1. The van der Waals surface area contributed by atoms with Gasteiger partial charge in [0, 0.05) is 17.6 Å². The summed E-state index contributed by atoms with van der Waals surface area (Å²) in [5.74, 6) is 0.315. The van der Waals surface area contributed by atoms with E-state index in [1.807, 2.05) is 68.4 Å². The molecule has 0 aliphatic heterocycles. The Morgan fingerprint density at radius 2 is 1.48 bits per heavy atom. The van der Waals surface area contributed by atoms with Crippen LogP contribution in [0, 0.1) is 6.92 Å². The van der Waals surface area contributed by atoms with Crippen molar-refractivity contribution in [3.63, 3.8) is 0 Å². The maximum absolute atomic E-state index is 14.1. The number of amides is 2. The molecule has 1 atom stereocenters. The van der Waals surface area contributed by atoms with Crippen LogP contribution in [0.4, 0.5) is 5.69 Å². The van der Waals surface area contributed by atoms with Crippen molar-refractivity contribution in [2.24, 2.45) is 0 Å². The number of nitrogens with one attached hydrogen (secondary N) is 1. The molecule has 2 amide bonds. The first kappa shape index (κ1) is 32.8. The fourth-order valence-electron chi connectivity index (χ4n) is 4.44. The van der Waals surface area contributed by atoms with Crippen LogP contribution in [0.3, 0.4) is 0 Å². The molecule has 0 fully saturated rings. The molecule has 0 unspecified atom stereocenters. The number of hydrogen-bond donors (Lipinski definition) is 1. The number of para-hydroxylation sites is 1. The topological polar surface area (TPSA) is 96.0 Å².